The summed E-state index contributed by atoms with van der Waals surface area (Å²) in [5.41, 5.74) is -0.152. The molecule has 1 saturated heterocycles. The van der Waals surface area contributed by atoms with Crippen molar-refractivity contribution < 1.29 is 25.2 Å². The van der Waals surface area contributed by atoms with Crippen molar-refractivity contribution in [2.75, 3.05) is 11.9 Å². The number of hydrogen-bond acceptors (Lipinski definition) is 10. The number of phenols is 2. The second kappa shape index (κ2) is 7.91. The minimum absolute atomic E-state index is 0.0978. The van der Waals surface area contributed by atoms with Gasteiger partial charge in [-0.1, -0.05) is 0 Å². The van der Waals surface area contributed by atoms with Gasteiger partial charge in [0, 0.05) is 29.8 Å². The minimum Gasteiger partial charge on any atom is -0.504 e. The van der Waals surface area contributed by atoms with Crippen LogP contribution < -0.4 is 16.6 Å². The molecule has 158 valence electrons. The molecule has 11 nitrogen and oxygen atoms in total. The summed E-state index contributed by atoms with van der Waals surface area (Å²) < 4.78 is 6.64. The zero-order valence-corrected chi connectivity index (χ0v) is 16.1. The molecule has 30 heavy (non-hydrogen) atoms. The van der Waals surface area contributed by atoms with Crippen LogP contribution in [0.2, 0.25) is 0 Å². The van der Waals surface area contributed by atoms with Crippen molar-refractivity contribution in [3.63, 3.8) is 0 Å². The first-order valence-electron chi connectivity index (χ1n) is 8.88. The highest BCUT2D eigenvalue weighted by atomic mass is 32.1. The lowest BCUT2D eigenvalue weighted by Crippen LogP contribution is -2.38. The number of aromatic nitrogens is 3. The smallest absolute Gasteiger partial charge is 0.330 e. The summed E-state index contributed by atoms with van der Waals surface area (Å²) in [7, 11) is 0. The maximum absolute atomic E-state index is 11.9. The number of H-pyrrole nitrogens is 1. The predicted molar refractivity (Wildman–Crippen MR) is 107 cm³/mol. The van der Waals surface area contributed by atoms with Gasteiger partial charge in [-0.15, -0.1) is 11.3 Å². The highest BCUT2D eigenvalue weighted by molar-refractivity contribution is 7.14. The van der Waals surface area contributed by atoms with Gasteiger partial charge in [-0.3, -0.25) is 14.3 Å². The molecular formula is C18H18N4O7S. The zero-order chi connectivity index (χ0) is 21.4. The van der Waals surface area contributed by atoms with Gasteiger partial charge in [0.25, 0.3) is 5.56 Å². The lowest BCUT2D eigenvalue weighted by Gasteiger charge is -2.16. The van der Waals surface area contributed by atoms with Gasteiger partial charge in [0.1, 0.15) is 18.3 Å². The number of nitrogens with one attached hydrogen (secondary N) is 2. The molecule has 4 rings (SSSR count). The average molecular weight is 434 g/mol. The van der Waals surface area contributed by atoms with Crippen LogP contribution in [0.15, 0.2) is 45.4 Å². The van der Waals surface area contributed by atoms with E-state index in [0.717, 1.165) is 10.6 Å². The van der Waals surface area contributed by atoms with Crippen LogP contribution in [0, 0.1) is 0 Å². The van der Waals surface area contributed by atoms with E-state index in [-0.39, 0.29) is 18.0 Å². The second-order valence-corrected chi connectivity index (χ2v) is 7.54. The fraction of sp³-hybridized carbons (Fsp3) is 0.278. The van der Waals surface area contributed by atoms with Gasteiger partial charge in [-0.2, -0.15) is 0 Å². The first-order chi connectivity index (χ1) is 14.3. The summed E-state index contributed by atoms with van der Waals surface area (Å²) >= 11 is 1.28. The molecule has 0 saturated carbocycles. The lowest BCUT2D eigenvalue weighted by atomic mass is 10.1. The van der Waals surface area contributed by atoms with Crippen molar-refractivity contribution in [3.05, 3.63) is 56.7 Å². The average Bonchev–Trinajstić information content (AvgIpc) is 3.29. The molecule has 12 heteroatoms. The maximum atomic E-state index is 11.9. The third-order valence-electron chi connectivity index (χ3n) is 4.69. The summed E-state index contributed by atoms with van der Waals surface area (Å²) in [6.45, 7) is 0.0978. The van der Waals surface area contributed by atoms with Crippen LogP contribution in [0.3, 0.4) is 0 Å². The molecule has 3 heterocycles. The molecule has 0 aliphatic carbocycles. The van der Waals surface area contributed by atoms with Gasteiger partial charge in [0.15, 0.2) is 22.9 Å². The van der Waals surface area contributed by atoms with E-state index >= 15 is 0 Å². The van der Waals surface area contributed by atoms with Crippen LogP contribution >= 0.6 is 11.3 Å². The van der Waals surface area contributed by atoms with Crippen molar-refractivity contribution in [2.45, 2.75) is 24.5 Å². The van der Waals surface area contributed by atoms with E-state index in [0.29, 0.717) is 16.4 Å². The molecule has 4 atom stereocenters. The molecule has 2 aromatic heterocycles. The molecule has 1 fully saturated rings. The highest BCUT2D eigenvalue weighted by Gasteiger charge is 2.44. The summed E-state index contributed by atoms with van der Waals surface area (Å²) in [6.07, 6.45) is -3.43. The van der Waals surface area contributed by atoms with Crippen molar-refractivity contribution in [1.29, 1.82) is 0 Å². The Morgan fingerprint density at radius 1 is 1.17 bits per heavy atom. The van der Waals surface area contributed by atoms with E-state index in [4.69, 9.17) is 4.74 Å². The number of benzene rings is 1. The number of rotatable bonds is 5. The number of thiazole rings is 1. The van der Waals surface area contributed by atoms with Gasteiger partial charge in [-0.05, 0) is 18.2 Å². The van der Waals surface area contributed by atoms with Gasteiger partial charge in [0.2, 0.25) is 0 Å². The third-order valence-corrected chi connectivity index (χ3v) is 5.49. The minimum atomic E-state index is -1.37. The first kappa shape index (κ1) is 20.1. The Balaban J connectivity index is 1.44. The Labute approximate surface area is 172 Å². The molecule has 1 aliphatic rings. The number of ether oxygens (including phenoxy) is 1. The van der Waals surface area contributed by atoms with E-state index < -0.39 is 35.8 Å². The van der Waals surface area contributed by atoms with E-state index in [9.17, 15) is 30.0 Å². The standard InChI is InChI=1S/C18H18N4O7S/c23-10-2-1-8(5-11(10)24)9-7-30-17(20-9)19-6-12-14(26)15(27)16(29-12)22-4-3-13(25)21-18(22)28/h1-5,7,12,14-16,23-24,26-27H,6H2,(H,19,20)(H,21,25,28)/t12-,14-,15-,16-/m1/s1. The van der Waals surface area contributed by atoms with Gasteiger partial charge in [-0.25, -0.2) is 9.78 Å². The SMILES string of the molecule is O=c1ccn([C@@H]2O[C@H](CNc3nc(-c4ccc(O)c(O)c4)cs3)[C@@H](O)[C@H]2O)c(=O)[nH]1. The molecule has 0 radical (unpaired) electrons. The van der Waals surface area contributed by atoms with Gasteiger partial charge >= 0.3 is 5.69 Å². The Morgan fingerprint density at radius 3 is 2.70 bits per heavy atom. The quantitative estimate of drug-likeness (QED) is 0.298. The molecule has 3 aromatic rings. The van der Waals surface area contributed by atoms with Crippen LogP contribution in [0.25, 0.3) is 11.3 Å². The fourth-order valence-electron chi connectivity index (χ4n) is 3.11. The number of aromatic amines is 1. The van der Waals surface area contributed by atoms with Gasteiger partial charge in [0.05, 0.1) is 5.69 Å². The number of aliphatic hydroxyl groups is 2. The van der Waals surface area contributed by atoms with E-state index in [1.54, 1.807) is 11.4 Å². The molecule has 0 unspecified atom stereocenters. The van der Waals surface area contributed by atoms with E-state index in [1.165, 1.54) is 29.7 Å². The van der Waals surface area contributed by atoms with Gasteiger partial charge < -0.3 is 30.5 Å². The number of hydrogen-bond donors (Lipinski definition) is 6. The molecule has 0 amide bonds. The van der Waals surface area contributed by atoms with Crippen molar-refractivity contribution in [1.82, 2.24) is 14.5 Å². The summed E-state index contributed by atoms with van der Waals surface area (Å²) in [5.74, 6) is -0.482. The first-order valence-corrected chi connectivity index (χ1v) is 9.76. The normalized spacial score (nSPS) is 23.5. The third kappa shape index (κ3) is 3.80. The molecule has 6 N–H and O–H groups in total. The molecular weight excluding hydrogens is 416 g/mol. The Hall–Kier alpha value is -3.19. The molecule has 0 bridgehead atoms. The van der Waals surface area contributed by atoms with Crippen LogP contribution in [0.1, 0.15) is 6.23 Å². The van der Waals surface area contributed by atoms with Crippen LogP contribution in [-0.4, -0.2) is 59.8 Å². The van der Waals surface area contributed by atoms with Crippen molar-refractivity contribution in [3.8, 4) is 22.8 Å². The van der Waals surface area contributed by atoms with Crippen LogP contribution in [-0.2, 0) is 4.74 Å². The summed E-state index contributed by atoms with van der Waals surface area (Å²) in [4.78, 5) is 29.6. The maximum Gasteiger partial charge on any atom is 0.330 e. The lowest BCUT2D eigenvalue weighted by molar-refractivity contribution is -0.0363. The van der Waals surface area contributed by atoms with Crippen molar-refractivity contribution >= 4 is 16.5 Å². The highest BCUT2D eigenvalue weighted by Crippen LogP contribution is 2.33. The number of aromatic hydroxyl groups is 2. The Kier molecular flexibility index (Phi) is 5.30. The zero-order valence-electron chi connectivity index (χ0n) is 15.3. The molecule has 1 aromatic carbocycles. The van der Waals surface area contributed by atoms with Crippen LogP contribution in [0.5, 0.6) is 11.5 Å². The van der Waals surface area contributed by atoms with Crippen molar-refractivity contribution in [2.24, 2.45) is 0 Å². The summed E-state index contributed by atoms with van der Waals surface area (Å²) in [6, 6.07) is 5.48. The van der Waals surface area contributed by atoms with E-state index in [1.807, 2.05) is 0 Å². The molecule has 0 spiro atoms. The number of aliphatic hydroxyl groups excluding tert-OH is 2. The predicted octanol–water partition coefficient (Wildman–Crippen LogP) is -0.197. The van der Waals surface area contributed by atoms with E-state index in [2.05, 4.69) is 15.3 Å². The fourth-order valence-corrected chi connectivity index (χ4v) is 3.84. The second-order valence-electron chi connectivity index (χ2n) is 6.69. The monoisotopic (exact) mass is 434 g/mol. The topological polar surface area (TPSA) is 170 Å². The number of nitrogens with zero attached hydrogens (tertiary/aromatic N) is 2. The Morgan fingerprint density at radius 2 is 1.97 bits per heavy atom. The summed E-state index contributed by atoms with van der Waals surface area (Å²) in [5, 5.41) is 44.8. The molecule has 1 aliphatic heterocycles. The van der Waals surface area contributed by atoms with Crippen LogP contribution in [0.4, 0.5) is 5.13 Å². The number of phenolic OH excluding ortho intramolecular Hbond substituents is 2. The number of anilines is 1. The Bertz CT molecular complexity index is 1170. The largest absolute Gasteiger partial charge is 0.504 e.